The Morgan fingerprint density at radius 2 is 2.11 bits per heavy atom. The number of ketones is 1. The first-order valence-corrected chi connectivity index (χ1v) is 9.10. The van der Waals surface area contributed by atoms with Crippen molar-refractivity contribution >= 4 is 18.1 Å². The molecule has 0 spiro atoms. The highest BCUT2D eigenvalue weighted by molar-refractivity contribution is 6.00. The molecule has 0 unspecified atom stereocenters. The van der Waals surface area contributed by atoms with Crippen molar-refractivity contribution in [2.75, 3.05) is 13.7 Å². The van der Waals surface area contributed by atoms with Gasteiger partial charge >= 0.3 is 0 Å². The zero-order valence-corrected chi connectivity index (χ0v) is 16.3. The Labute approximate surface area is 159 Å². The lowest BCUT2D eigenvalue weighted by atomic mass is 9.87. The van der Waals surface area contributed by atoms with E-state index in [-0.39, 0.29) is 36.1 Å². The molecule has 2 amide bonds. The zero-order chi connectivity index (χ0) is 20.4. The fourth-order valence-corrected chi connectivity index (χ4v) is 2.81. The van der Waals surface area contributed by atoms with Crippen LogP contribution in [0.15, 0.2) is 18.3 Å². The van der Waals surface area contributed by atoms with E-state index in [1.54, 1.807) is 12.1 Å². The van der Waals surface area contributed by atoms with E-state index in [9.17, 15) is 19.6 Å². The number of rotatable bonds is 12. The number of hydrogen-bond acceptors (Lipinski definition) is 6. The summed E-state index contributed by atoms with van der Waals surface area (Å²) in [6.07, 6.45) is 3.96. The van der Waals surface area contributed by atoms with Crippen LogP contribution in [0, 0.1) is 11.8 Å². The van der Waals surface area contributed by atoms with Gasteiger partial charge in [0.15, 0.2) is 5.78 Å². The van der Waals surface area contributed by atoms with Crippen molar-refractivity contribution in [3.05, 3.63) is 23.9 Å². The van der Waals surface area contributed by atoms with Gasteiger partial charge in [-0.3, -0.25) is 19.6 Å². The van der Waals surface area contributed by atoms with Crippen LogP contribution < -0.4 is 10.1 Å². The fourth-order valence-electron chi connectivity index (χ4n) is 2.81. The zero-order valence-electron chi connectivity index (χ0n) is 16.3. The molecule has 0 fully saturated rings. The van der Waals surface area contributed by atoms with Crippen molar-refractivity contribution in [2.45, 2.75) is 46.1 Å². The molecule has 8 heteroatoms. The van der Waals surface area contributed by atoms with Crippen molar-refractivity contribution in [1.82, 2.24) is 15.4 Å². The van der Waals surface area contributed by atoms with E-state index in [1.165, 1.54) is 13.3 Å². The third-order valence-corrected chi connectivity index (χ3v) is 4.31. The number of hydroxylamine groups is 2. The van der Waals surface area contributed by atoms with Gasteiger partial charge in [-0.25, -0.2) is 10.0 Å². The maximum atomic E-state index is 13.0. The van der Waals surface area contributed by atoms with Crippen molar-refractivity contribution in [2.24, 2.45) is 11.8 Å². The molecule has 0 aliphatic carbocycles. The predicted octanol–water partition coefficient (Wildman–Crippen LogP) is 2.07. The van der Waals surface area contributed by atoms with Gasteiger partial charge in [-0.2, -0.15) is 0 Å². The number of nitrogens with zero attached hydrogens (tertiary/aromatic N) is 2. The second-order valence-electron chi connectivity index (χ2n) is 6.72. The monoisotopic (exact) mass is 379 g/mol. The number of aromatic nitrogens is 1. The first-order chi connectivity index (χ1) is 12.8. The molecule has 27 heavy (non-hydrogen) atoms. The van der Waals surface area contributed by atoms with Crippen molar-refractivity contribution in [3.63, 3.8) is 0 Å². The molecule has 1 heterocycles. The molecule has 1 aromatic heterocycles. The Morgan fingerprint density at radius 3 is 2.67 bits per heavy atom. The molecular weight excluding hydrogens is 350 g/mol. The minimum Gasteiger partial charge on any atom is -0.480 e. The van der Waals surface area contributed by atoms with Crippen LogP contribution in [0.1, 0.15) is 50.4 Å². The van der Waals surface area contributed by atoms with Gasteiger partial charge in [-0.1, -0.05) is 33.6 Å². The van der Waals surface area contributed by atoms with Crippen LogP contribution >= 0.6 is 0 Å². The predicted molar refractivity (Wildman–Crippen MR) is 99.5 cm³/mol. The van der Waals surface area contributed by atoms with Gasteiger partial charge in [0.2, 0.25) is 12.3 Å². The highest BCUT2D eigenvalue weighted by Crippen LogP contribution is 2.19. The van der Waals surface area contributed by atoms with E-state index in [2.05, 4.69) is 10.3 Å². The van der Waals surface area contributed by atoms with E-state index in [1.807, 2.05) is 20.8 Å². The molecule has 0 bridgehead atoms. The molecule has 150 valence electrons. The molecule has 0 saturated heterocycles. The van der Waals surface area contributed by atoms with Crippen molar-refractivity contribution in [3.8, 4) is 5.88 Å². The maximum absolute atomic E-state index is 13.0. The molecule has 0 aliphatic rings. The largest absolute Gasteiger partial charge is 0.480 e. The van der Waals surface area contributed by atoms with Crippen molar-refractivity contribution < 1.29 is 24.3 Å². The van der Waals surface area contributed by atoms with E-state index in [0.717, 1.165) is 12.8 Å². The van der Waals surface area contributed by atoms with Crippen LogP contribution in [0.5, 0.6) is 5.88 Å². The number of pyridine rings is 1. The standard InChI is InChI=1S/C19H29N3O5/c1-5-6-8-14(11-22(26)12-23)17(24)16(13(2)3)21-18(25)15-9-7-10-20-19(15)27-4/h7,9-10,12-14,16,26H,5-6,8,11H2,1-4H3,(H,21,25)/t14-,16+/m1/s1. The summed E-state index contributed by atoms with van der Waals surface area (Å²) in [4.78, 5) is 40.5. The number of methoxy groups -OCH3 is 1. The van der Waals surface area contributed by atoms with E-state index >= 15 is 0 Å². The first-order valence-electron chi connectivity index (χ1n) is 9.10. The Balaban J connectivity index is 3.01. The molecule has 8 nitrogen and oxygen atoms in total. The van der Waals surface area contributed by atoms with Gasteiger partial charge in [-0.15, -0.1) is 0 Å². The molecule has 1 aromatic rings. The smallest absolute Gasteiger partial charge is 0.257 e. The van der Waals surface area contributed by atoms with Crippen LogP contribution in [0.4, 0.5) is 0 Å². The van der Waals surface area contributed by atoms with Crippen molar-refractivity contribution in [1.29, 1.82) is 0 Å². The lowest BCUT2D eigenvalue weighted by Gasteiger charge is -2.27. The molecule has 0 saturated carbocycles. The molecule has 2 N–H and O–H groups in total. The Bertz CT molecular complexity index is 636. The van der Waals surface area contributed by atoms with Crippen LogP contribution in [0.2, 0.25) is 0 Å². The van der Waals surface area contributed by atoms with Gasteiger partial charge in [-0.05, 0) is 24.5 Å². The fraction of sp³-hybridized carbons (Fsp3) is 0.579. The summed E-state index contributed by atoms with van der Waals surface area (Å²) in [5, 5.41) is 12.8. The number of nitrogens with one attached hydrogen (secondary N) is 1. The SMILES string of the molecule is CCCC[C@H](CN(O)C=O)C(=O)[C@@H](NC(=O)c1cccnc1OC)C(C)C. The highest BCUT2D eigenvalue weighted by Gasteiger charge is 2.32. The highest BCUT2D eigenvalue weighted by atomic mass is 16.5. The maximum Gasteiger partial charge on any atom is 0.257 e. The van der Waals surface area contributed by atoms with E-state index in [0.29, 0.717) is 11.5 Å². The Hall–Kier alpha value is -2.48. The summed E-state index contributed by atoms with van der Waals surface area (Å²) in [7, 11) is 1.42. The van der Waals surface area contributed by atoms with Gasteiger partial charge in [0, 0.05) is 12.1 Å². The lowest BCUT2D eigenvalue weighted by Crippen LogP contribution is -2.48. The van der Waals surface area contributed by atoms with Crippen LogP contribution in [-0.2, 0) is 9.59 Å². The number of ether oxygens (including phenoxy) is 1. The average molecular weight is 379 g/mol. The molecule has 2 atom stereocenters. The summed E-state index contributed by atoms with van der Waals surface area (Å²) in [5.41, 5.74) is 0.236. The van der Waals surface area contributed by atoms with E-state index in [4.69, 9.17) is 4.74 Å². The quantitative estimate of drug-likeness (QED) is 0.327. The normalized spacial score (nSPS) is 13.0. The topological polar surface area (TPSA) is 109 Å². The summed E-state index contributed by atoms with van der Waals surface area (Å²) >= 11 is 0. The second-order valence-corrected chi connectivity index (χ2v) is 6.72. The third-order valence-electron chi connectivity index (χ3n) is 4.31. The molecule has 1 rings (SSSR count). The van der Waals surface area contributed by atoms with Gasteiger partial charge in [0.1, 0.15) is 5.56 Å². The molecule has 0 aliphatic heterocycles. The molecular formula is C19H29N3O5. The minimum atomic E-state index is -0.760. The average Bonchev–Trinajstić information content (AvgIpc) is 2.67. The number of carbonyl (C=O) groups is 3. The summed E-state index contributed by atoms with van der Waals surface area (Å²) in [5.74, 6) is -1.23. The van der Waals surface area contributed by atoms with Crippen LogP contribution in [-0.4, -0.2) is 53.1 Å². The lowest BCUT2D eigenvalue weighted by molar-refractivity contribution is -0.154. The number of amides is 2. The number of carbonyl (C=O) groups excluding carboxylic acids is 3. The van der Waals surface area contributed by atoms with E-state index < -0.39 is 17.9 Å². The van der Waals surface area contributed by atoms with Gasteiger partial charge in [0.25, 0.3) is 5.91 Å². The summed E-state index contributed by atoms with van der Waals surface area (Å²) in [6, 6.07) is 2.42. The second kappa shape index (κ2) is 11.3. The molecule has 0 radical (unpaired) electrons. The van der Waals surface area contributed by atoms with Crippen LogP contribution in [0.25, 0.3) is 0 Å². The summed E-state index contributed by atoms with van der Waals surface area (Å²) < 4.78 is 5.10. The number of Topliss-reactive ketones (excluding diaryl/α,β-unsaturated/α-hetero) is 1. The summed E-state index contributed by atoms with van der Waals surface area (Å²) in [6.45, 7) is 5.55. The Morgan fingerprint density at radius 1 is 1.41 bits per heavy atom. The first kappa shape index (κ1) is 22.6. The van der Waals surface area contributed by atoms with Gasteiger partial charge in [0.05, 0.1) is 19.7 Å². The Kier molecular flexibility index (Phi) is 9.42. The number of hydrogen-bond donors (Lipinski definition) is 2. The minimum absolute atomic E-state index is 0.0996. The van der Waals surface area contributed by atoms with Gasteiger partial charge < -0.3 is 10.1 Å². The number of unbranched alkanes of at least 4 members (excludes halogenated alkanes) is 1. The van der Waals surface area contributed by atoms with Crippen LogP contribution in [0.3, 0.4) is 0 Å². The third kappa shape index (κ3) is 6.63. The molecule has 0 aromatic carbocycles.